The van der Waals surface area contributed by atoms with Crippen molar-refractivity contribution in [2.75, 3.05) is 12.4 Å². The molecule has 1 atom stereocenters. The number of carbonyl (C=O) groups is 2. The Labute approximate surface area is 208 Å². The van der Waals surface area contributed by atoms with Gasteiger partial charge in [0, 0.05) is 17.3 Å². The van der Waals surface area contributed by atoms with Crippen molar-refractivity contribution >= 4 is 17.6 Å². The predicted octanol–water partition coefficient (Wildman–Crippen LogP) is 5.42. The lowest BCUT2D eigenvalue weighted by atomic mass is 10.1. The van der Waals surface area contributed by atoms with E-state index in [0.717, 1.165) is 11.3 Å². The Bertz CT molecular complexity index is 1330. The molecule has 8 heteroatoms. The number of nitrogens with one attached hydrogen (secondary N) is 1. The third kappa shape index (κ3) is 5.90. The molecule has 0 spiro atoms. The molecule has 0 saturated carbocycles. The quantitative estimate of drug-likeness (QED) is 0.316. The van der Waals surface area contributed by atoms with Crippen LogP contribution in [0.1, 0.15) is 39.0 Å². The Hall–Kier alpha value is -4.59. The van der Waals surface area contributed by atoms with Crippen molar-refractivity contribution in [3.63, 3.8) is 0 Å². The summed E-state index contributed by atoms with van der Waals surface area (Å²) < 4.78 is 21.9. The number of methoxy groups -OCH3 is 1. The van der Waals surface area contributed by atoms with E-state index in [2.05, 4.69) is 10.5 Å². The number of rotatable bonds is 9. The van der Waals surface area contributed by atoms with Crippen molar-refractivity contribution < 1.29 is 28.3 Å². The van der Waals surface area contributed by atoms with Gasteiger partial charge in [-0.2, -0.15) is 0 Å². The van der Waals surface area contributed by atoms with Gasteiger partial charge in [0.05, 0.1) is 23.9 Å². The molecule has 0 radical (unpaired) electrons. The summed E-state index contributed by atoms with van der Waals surface area (Å²) in [4.78, 5) is 26.3. The molecular weight excluding hydrogens is 460 g/mol. The highest BCUT2D eigenvalue weighted by molar-refractivity contribution is 5.98. The summed E-state index contributed by atoms with van der Waals surface area (Å²) in [6.45, 7) is 3.89. The van der Waals surface area contributed by atoms with Gasteiger partial charge < -0.3 is 24.1 Å². The standard InChI is InChI=1S/C28H26N2O6/c1-18-25(19(2)36-30-18)17-34-24-14-7-11-21(15-24)28(32)35-26(20-9-5-4-6-10-20)27(31)29-22-12-8-13-23(16-22)33-3/h4-16,26H,17H2,1-3H3,(H,29,31). The Morgan fingerprint density at radius 1 is 0.944 bits per heavy atom. The molecule has 0 bridgehead atoms. The topological polar surface area (TPSA) is 99.9 Å². The highest BCUT2D eigenvalue weighted by Gasteiger charge is 2.26. The summed E-state index contributed by atoms with van der Waals surface area (Å²) in [6, 6.07) is 22.4. The smallest absolute Gasteiger partial charge is 0.339 e. The largest absolute Gasteiger partial charge is 0.497 e. The lowest BCUT2D eigenvalue weighted by molar-refractivity contribution is -0.125. The summed E-state index contributed by atoms with van der Waals surface area (Å²) in [7, 11) is 1.54. The van der Waals surface area contributed by atoms with Crippen LogP contribution < -0.4 is 14.8 Å². The molecule has 36 heavy (non-hydrogen) atoms. The van der Waals surface area contributed by atoms with Crippen molar-refractivity contribution in [2.24, 2.45) is 0 Å². The summed E-state index contributed by atoms with van der Waals surface area (Å²) in [5.41, 5.74) is 2.90. The molecule has 0 aliphatic rings. The van der Waals surface area contributed by atoms with Gasteiger partial charge in [0.15, 0.2) is 0 Å². The van der Waals surface area contributed by atoms with Crippen LogP contribution in [-0.4, -0.2) is 24.1 Å². The number of benzene rings is 3. The van der Waals surface area contributed by atoms with E-state index >= 15 is 0 Å². The van der Waals surface area contributed by atoms with E-state index in [1.54, 1.807) is 79.9 Å². The molecule has 1 heterocycles. The first-order valence-electron chi connectivity index (χ1n) is 11.3. The number of carbonyl (C=O) groups excluding carboxylic acids is 2. The molecule has 1 N–H and O–H groups in total. The fraction of sp³-hybridized carbons (Fsp3) is 0.179. The van der Waals surface area contributed by atoms with Gasteiger partial charge in [0.2, 0.25) is 6.10 Å². The average Bonchev–Trinajstić information content (AvgIpc) is 3.23. The second kappa shape index (κ2) is 11.2. The van der Waals surface area contributed by atoms with Gasteiger partial charge in [0.25, 0.3) is 5.91 Å². The molecule has 3 aromatic carbocycles. The molecule has 0 fully saturated rings. The third-order valence-corrected chi connectivity index (χ3v) is 5.54. The van der Waals surface area contributed by atoms with Crippen LogP contribution in [0.2, 0.25) is 0 Å². The number of aromatic nitrogens is 1. The summed E-state index contributed by atoms with van der Waals surface area (Å²) in [5, 5.41) is 6.71. The van der Waals surface area contributed by atoms with Gasteiger partial charge in [-0.25, -0.2) is 4.79 Å². The van der Waals surface area contributed by atoms with Gasteiger partial charge in [0.1, 0.15) is 23.9 Å². The molecule has 1 amide bonds. The lowest BCUT2D eigenvalue weighted by Gasteiger charge is -2.18. The maximum Gasteiger partial charge on any atom is 0.339 e. The van der Waals surface area contributed by atoms with Gasteiger partial charge in [-0.15, -0.1) is 0 Å². The predicted molar refractivity (Wildman–Crippen MR) is 133 cm³/mol. The summed E-state index contributed by atoms with van der Waals surface area (Å²) in [6.07, 6.45) is -1.17. The van der Waals surface area contributed by atoms with Crippen LogP contribution in [0.4, 0.5) is 5.69 Å². The minimum Gasteiger partial charge on any atom is -0.497 e. The monoisotopic (exact) mass is 486 g/mol. The molecule has 0 saturated heterocycles. The fourth-order valence-electron chi connectivity index (χ4n) is 3.56. The fourth-order valence-corrected chi connectivity index (χ4v) is 3.56. The maximum atomic E-state index is 13.2. The summed E-state index contributed by atoms with van der Waals surface area (Å²) >= 11 is 0. The van der Waals surface area contributed by atoms with Crippen molar-refractivity contribution in [2.45, 2.75) is 26.6 Å². The van der Waals surface area contributed by atoms with Crippen LogP contribution in [0.15, 0.2) is 83.4 Å². The van der Waals surface area contributed by atoms with Gasteiger partial charge in [-0.1, -0.05) is 47.6 Å². The zero-order chi connectivity index (χ0) is 25.5. The van der Waals surface area contributed by atoms with E-state index in [0.29, 0.717) is 28.5 Å². The first-order valence-corrected chi connectivity index (χ1v) is 11.3. The highest BCUT2D eigenvalue weighted by Crippen LogP contribution is 2.25. The summed E-state index contributed by atoms with van der Waals surface area (Å²) in [5.74, 6) is 0.591. The molecule has 4 rings (SSSR count). The molecule has 4 aromatic rings. The minimum absolute atomic E-state index is 0.245. The van der Waals surface area contributed by atoms with Crippen molar-refractivity contribution in [1.82, 2.24) is 5.16 Å². The Morgan fingerprint density at radius 2 is 1.69 bits per heavy atom. The first-order chi connectivity index (χ1) is 17.4. The third-order valence-electron chi connectivity index (χ3n) is 5.54. The van der Waals surface area contributed by atoms with Gasteiger partial charge >= 0.3 is 5.97 Å². The molecular formula is C28H26N2O6. The van der Waals surface area contributed by atoms with E-state index in [4.69, 9.17) is 18.7 Å². The van der Waals surface area contributed by atoms with Crippen LogP contribution >= 0.6 is 0 Å². The molecule has 1 aromatic heterocycles. The minimum atomic E-state index is -1.17. The number of hydrogen-bond acceptors (Lipinski definition) is 7. The van der Waals surface area contributed by atoms with E-state index in [1.807, 2.05) is 19.9 Å². The Balaban J connectivity index is 1.50. The van der Waals surface area contributed by atoms with E-state index in [1.165, 1.54) is 0 Å². The van der Waals surface area contributed by atoms with Crippen molar-refractivity contribution in [3.05, 3.63) is 107 Å². The SMILES string of the molecule is COc1cccc(NC(=O)C(OC(=O)c2cccc(OCc3c(C)noc3C)c2)c2ccccc2)c1. The van der Waals surface area contributed by atoms with Gasteiger partial charge in [-0.3, -0.25) is 4.79 Å². The van der Waals surface area contributed by atoms with Crippen molar-refractivity contribution in [1.29, 1.82) is 0 Å². The molecule has 1 unspecified atom stereocenters. The second-order valence-corrected chi connectivity index (χ2v) is 8.04. The Morgan fingerprint density at radius 3 is 2.42 bits per heavy atom. The number of ether oxygens (including phenoxy) is 3. The number of aryl methyl sites for hydroxylation is 2. The average molecular weight is 487 g/mol. The van der Waals surface area contributed by atoms with Crippen molar-refractivity contribution in [3.8, 4) is 11.5 Å². The zero-order valence-electron chi connectivity index (χ0n) is 20.2. The maximum absolute atomic E-state index is 13.2. The van der Waals surface area contributed by atoms with E-state index < -0.39 is 18.0 Å². The second-order valence-electron chi connectivity index (χ2n) is 8.04. The van der Waals surface area contributed by atoms with Crippen LogP contribution in [0.25, 0.3) is 0 Å². The zero-order valence-corrected chi connectivity index (χ0v) is 20.2. The first kappa shape index (κ1) is 24.5. The Kier molecular flexibility index (Phi) is 7.65. The number of anilines is 1. The van der Waals surface area contributed by atoms with Crippen LogP contribution in [0, 0.1) is 13.8 Å². The normalized spacial score (nSPS) is 11.4. The number of amides is 1. The number of hydrogen-bond donors (Lipinski definition) is 1. The highest BCUT2D eigenvalue weighted by atomic mass is 16.5. The van der Waals surface area contributed by atoms with Crippen LogP contribution in [-0.2, 0) is 16.1 Å². The van der Waals surface area contributed by atoms with E-state index in [9.17, 15) is 9.59 Å². The van der Waals surface area contributed by atoms with Crippen LogP contribution in [0.5, 0.6) is 11.5 Å². The number of esters is 1. The lowest BCUT2D eigenvalue weighted by Crippen LogP contribution is -2.26. The van der Waals surface area contributed by atoms with Crippen LogP contribution in [0.3, 0.4) is 0 Å². The van der Waals surface area contributed by atoms with E-state index in [-0.39, 0.29) is 12.2 Å². The van der Waals surface area contributed by atoms with Gasteiger partial charge in [-0.05, 0) is 44.2 Å². The molecule has 8 nitrogen and oxygen atoms in total. The molecule has 184 valence electrons. The molecule has 0 aliphatic carbocycles. The molecule has 0 aliphatic heterocycles. The number of nitrogens with zero attached hydrogens (tertiary/aromatic N) is 1.